The minimum Gasteiger partial charge on any atom is -0.481 e. The molecule has 8 nitrogen and oxygen atoms in total. The predicted molar refractivity (Wildman–Crippen MR) is 106 cm³/mol. The quantitative estimate of drug-likeness (QED) is 0.681. The van der Waals surface area contributed by atoms with Crippen molar-refractivity contribution in [2.24, 2.45) is 0 Å². The van der Waals surface area contributed by atoms with Crippen LogP contribution in [0.2, 0.25) is 0 Å². The Morgan fingerprint density at radius 3 is 2.75 bits per heavy atom. The van der Waals surface area contributed by atoms with E-state index in [1.165, 1.54) is 9.80 Å². The second-order valence-electron chi connectivity index (χ2n) is 6.75. The van der Waals surface area contributed by atoms with Gasteiger partial charge < -0.3 is 14.9 Å². The maximum absolute atomic E-state index is 13.0. The van der Waals surface area contributed by atoms with Crippen LogP contribution in [0.15, 0.2) is 17.5 Å². The summed E-state index contributed by atoms with van der Waals surface area (Å²) in [5.74, 6) is -1.71. The van der Waals surface area contributed by atoms with Crippen molar-refractivity contribution in [1.29, 1.82) is 0 Å². The number of hydrogen-bond donors (Lipinski definition) is 1. The third-order valence-corrected chi connectivity index (χ3v) is 6.65. The third-order valence-electron chi connectivity index (χ3n) is 4.89. The van der Waals surface area contributed by atoms with Crippen LogP contribution < -0.4 is 0 Å². The van der Waals surface area contributed by atoms with E-state index in [-0.39, 0.29) is 35.4 Å². The number of hydrogen-bond acceptors (Lipinski definition) is 6. The molecule has 0 saturated carbocycles. The summed E-state index contributed by atoms with van der Waals surface area (Å²) in [5, 5.41) is 10.7. The summed E-state index contributed by atoms with van der Waals surface area (Å²) in [7, 11) is 0. The number of carboxylic acids is 1. The van der Waals surface area contributed by atoms with Crippen LogP contribution in [0.4, 0.5) is 4.79 Å². The summed E-state index contributed by atoms with van der Waals surface area (Å²) in [6.07, 6.45) is 1.19. The summed E-state index contributed by atoms with van der Waals surface area (Å²) in [6, 6.07) is 2.54. The molecule has 28 heavy (non-hydrogen) atoms. The lowest BCUT2D eigenvalue weighted by molar-refractivity contribution is -0.145. The van der Waals surface area contributed by atoms with Gasteiger partial charge in [0.1, 0.15) is 6.04 Å². The van der Waals surface area contributed by atoms with Gasteiger partial charge >= 0.3 is 12.0 Å². The largest absolute Gasteiger partial charge is 0.481 e. The average Bonchev–Trinajstić information content (AvgIpc) is 3.31. The molecule has 2 aliphatic heterocycles. The molecular weight excluding hydrogens is 402 g/mol. The molecule has 3 heterocycles. The number of thiophene rings is 1. The number of rotatable bonds is 8. The number of fused-ring (bicyclic) bond motifs is 1. The lowest BCUT2D eigenvalue weighted by Gasteiger charge is -2.43. The minimum absolute atomic E-state index is 0.00937. The summed E-state index contributed by atoms with van der Waals surface area (Å²) in [4.78, 5) is 54.9. The number of imide groups is 1. The first-order chi connectivity index (χ1) is 13.4. The van der Waals surface area contributed by atoms with E-state index in [4.69, 9.17) is 5.11 Å². The molecule has 2 saturated heterocycles. The number of carbonyl (C=O) groups excluding carboxylic acids is 3. The maximum atomic E-state index is 13.0. The zero-order chi connectivity index (χ0) is 20.3. The van der Waals surface area contributed by atoms with Crippen LogP contribution in [0.5, 0.6) is 0 Å². The lowest BCUT2D eigenvalue weighted by atomic mass is 10.0. The van der Waals surface area contributed by atoms with Crippen molar-refractivity contribution in [3.8, 4) is 0 Å². The SMILES string of the molecule is CCCN1C(=O)C2C(CCN2C(=O)CSCC(=O)O)N(Cc2cccs2)C1=O. The van der Waals surface area contributed by atoms with E-state index in [9.17, 15) is 19.2 Å². The Balaban J connectivity index is 1.80. The van der Waals surface area contributed by atoms with Crippen molar-refractivity contribution in [2.75, 3.05) is 24.6 Å². The highest BCUT2D eigenvalue weighted by Crippen LogP contribution is 2.32. The van der Waals surface area contributed by atoms with Gasteiger partial charge in [0.05, 0.1) is 24.1 Å². The highest BCUT2D eigenvalue weighted by atomic mass is 32.2. The Labute approximate surface area is 171 Å². The monoisotopic (exact) mass is 425 g/mol. The number of amides is 4. The molecule has 2 fully saturated rings. The lowest BCUT2D eigenvalue weighted by Crippen LogP contribution is -2.65. The van der Waals surface area contributed by atoms with Crippen LogP contribution in [0.1, 0.15) is 24.6 Å². The molecule has 0 bridgehead atoms. The first-order valence-electron chi connectivity index (χ1n) is 9.17. The van der Waals surface area contributed by atoms with Crippen molar-refractivity contribution in [1.82, 2.24) is 14.7 Å². The van der Waals surface area contributed by atoms with Crippen molar-refractivity contribution in [3.05, 3.63) is 22.4 Å². The number of carbonyl (C=O) groups is 4. The fourth-order valence-corrected chi connectivity index (χ4v) is 5.04. The molecule has 3 rings (SSSR count). The van der Waals surface area contributed by atoms with E-state index in [1.54, 1.807) is 16.2 Å². The van der Waals surface area contributed by atoms with Crippen LogP contribution in [0.25, 0.3) is 0 Å². The first-order valence-corrected chi connectivity index (χ1v) is 11.2. The number of nitrogens with zero attached hydrogens (tertiary/aromatic N) is 3. The predicted octanol–water partition coefficient (Wildman–Crippen LogP) is 1.71. The summed E-state index contributed by atoms with van der Waals surface area (Å²) in [6.45, 7) is 3.02. The molecule has 10 heteroatoms. The minimum atomic E-state index is -0.979. The van der Waals surface area contributed by atoms with Crippen molar-refractivity contribution in [2.45, 2.75) is 38.4 Å². The van der Waals surface area contributed by atoms with Gasteiger partial charge in [-0.25, -0.2) is 4.79 Å². The fraction of sp³-hybridized carbons (Fsp3) is 0.556. The van der Waals surface area contributed by atoms with Crippen LogP contribution in [0, 0.1) is 0 Å². The van der Waals surface area contributed by atoms with Gasteiger partial charge in [-0.1, -0.05) is 13.0 Å². The number of thioether (sulfide) groups is 1. The maximum Gasteiger partial charge on any atom is 0.327 e. The van der Waals surface area contributed by atoms with Crippen LogP contribution in [-0.4, -0.2) is 80.3 Å². The highest BCUT2D eigenvalue weighted by Gasteiger charge is 2.52. The highest BCUT2D eigenvalue weighted by molar-refractivity contribution is 8.00. The zero-order valence-electron chi connectivity index (χ0n) is 15.6. The molecule has 2 aliphatic rings. The second kappa shape index (κ2) is 8.95. The molecule has 0 radical (unpaired) electrons. The van der Waals surface area contributed by atoms with E-state index in [0.717, 1.165) is 16.6 Å². The van der Waals surface area contributed by atoms with Gasteiger partial charge in [-0.2, -0.15) is 0 Å². The molecule has 2 atom stereocenters. The van der Waals surface area contributed by atoms with E-state index in [1.807, 2.05) is 24.4 Å². The Morgan fingerprint density at radius 2 is 2.11 bits per heavy atom. The summed E-state index contributed by atoms with van der Waals surface area (Å²) >= 11 is 2.57. The van der Waals surface area contributed by atoms with E-state index < -0.39 is 12.0 Å². The van der Waals surface area contributed by atoms with Crippen molar-refractivity contribution >= 4 is 46.9 Å². The van der Waals surface area contributed by atoms with E-state index >= 15 is 0 Å². The van der Waals surface area contributed by atoms with Crippen molar-refractivity contribution in [3.63, 3.8) is 0 Å². The van der Waals surface area contributed by atoms with Gasteiger partial charge in [-0.05, 0) is 24.3 Å². The first kappa shape index (κ1) is 20.7. The second-order valence-corrected chi connectivity index (χ2v) is 8.77. The van der Waals surface area contributed by atoms with Crippen molar-refractivity contribution < 1.29 is 24.3 Å². The normalized spacial score (nSPS) is 22.0. The van der Waals surface area contributed by atoms with Gasteiger partial charge in [0, 0.05) is 18.0 Å². The summed E-state index contributed by atoms with van der Waals surface area (Å²) < 4.78 is 0. The van der Waals surface area contributed by atoms with Gasteiger partial charge in [-0.3, -0.25) is 19.3 Å². The van der Waals surface area contributed by atoms with Gasteiger partial charge in [-0.15, -0.1) is 23.1 Å². The average molecular weight is 426 g/mol. The van der Waals surface area contributed by atoms with Gasteiger partial charge in [0.25, 0.3) is 5.91 Å². The van der Waals surface area contributed by atoms with E-state index in [0.29, 0.717) is 32.5 Å². The Hall–Kier alpha value is -2.07. The Morgan fingerprint density at radius 1 is 1.32 bits per heavy atom. The van der Waals surface area contributed by atoms with Gasteiger partial charge in [0.2, 0.25) is 5.91 Å². The third kappa shape index (κ3) is 4.17. The molecule has 0 aromatic carbocycles. The molecule has 1 aromatic heterocycles. The summed E-state index contributed by atoms with van der Waals surface area (Å²) in [5.41, 5.74) is 0. The fourth-order valence-electron chi connectivity index (χ4n) is 3.72. The number of aliphatic carboxylic acids is 1. The van der Waals surface area contributed by atoms with Gasteiger partial charge in [0.15, 0.2) is 0 Å². The molecule has 0 spiro atoms. The van der Waals surface area contributed by atoms with Crippen LogP contribution >= 0.6 is 23.1 Å². The topological polar surface area (TPSA) is 98.2 Å². The molecule has 1 aromatic rings. The Kier molecular flexibility index (Phi) is 6.61. The Bertz CT molecular complexity index is 754. The number of urea groups is 1. The molecule has 152 valence electrons. The molecule has 1 N–H and O–H groups in total. The molecule has 4 amide bonds. The molecule has 2 unspecified atom stereocenters. The number of carboxylic acid groups (broad SMARTS) is 1. The van der Waals surface area contributed by atoms with E-state index in [2.05, 4.69) is 0 Å². The van der Waals surface area contributed by atoms with Crippen LogP contribution in [0.3, 0.4) is 0 Å². The standard InChI is InChI=1S/C18H23N3O5S2/c1-2-6-20-17(25)16-13(21(18(20)26)9-12-4-3-8-28-12)5-7-19(16)14(22)10-27-11-15(23)24/h3-4,8,13,16H,2,5-7,9-11H2,1H3,(H,23,24). The smallest absolute Gasteiger partial charge is 0.327 e. The number of likely N-dealkylation sites (tertiary alicyclic amines) is 1. The molecular formula is C18H23N3O5S2. The zero-order valence-corrected chi connectivity index (χ0v) is 17.2. The van der Waals surface area contributed by atoms with Crippen LogP contribution in [-0.2, 0) is 20.9 Å². The molecule has 0 aliphatic carbocycles.